The third kappa shape index (κ3) is 6.18. The number of rotatable bonds is 9. The molecular weight excluding hydrogens is 332 g/mol. The summed E-state index contributed by atoms with van der Waals surface area (Å²) in [6, 6.07) is 15.0. The van der Waals surface area contributed by atoms with Gasteiger partial charge in [-0.2, -0.15) is 0 Å². The molecule has 0 fully saturated rings. The maximum atomic E-state index is 12.2. The Morgan fingerprint density at radius 2 is 1.68 bits per heavy atom. The molecule has 1 N–H and O–H groups in total. The molecule has 0 spiro atoms. The van der Waals surface area contributed by atoms with Crippen LogP contribution in [0.3, 0.4) is 0 Å². The molecule has 0 aliphatic heterocycles. The van der Waals surface area contributed by atoms with Crippen LogP contribution in [-0.4, -0.2) is 30.4 Å². The van der Waals surface area contributed by atoms with E-state index >= 15 is 0 Å². The van der Waals surface area contributed by atoms with Crippen molar-refractivity contribution in [3.8, 4) is 0 Å². The Balaban J connectivity index is 1.97. The molecule has 0 atom stereocenters. The van der Waals surface area contributed by atoms with E-state index in [0.717, 1.165) is 26.1 Å². The molecule has 0 radical (unpaired) electrons. The monoisotopic (exact) mass is 358 g/mol. The molecule has 2 aromatic carbocycles. The maximum Gasteiger partial charge on any atom is 0.255 e. The molecule has 0 unspecified atom stereocenters. The van der Waals surface area contributed by atoms with E-state index in [4.69, 9.17) is 11.6 Å². The zero-order valence-corrected chi connectivity index (χ0v) is 15.9. The zero-order valence-electron chi connectivity index (χ0n) is 15.1. The summed E-state index contributed by atoms with van der Waals surface area (Å²) in [6.07, 6.45) is 3.31. The van der Waals surface area contributed by atoms with Crippen molar-refractivity contribution in [3.63, 3.8) is 0 Å². The van der Waals surface area contributed by atoms with Crippen LogP contribution in [0.4, 0.5) is 5.69 Å². The summed E-state index contributed by atoms with van der Waals surface area (Å²) in [5, 5.41) is 3.46. The van der Waals surface area contributed by atoms with Gasteiger partial charge in [-0.1, -0.05) is 49.7 Å². The second-order valence-corrected chi connectivity index (χ2v) is 6.63. The van der Waals surface area contributed by atoms with Gasteiger partial charge in [0.2, 0.25) is 0 Å². The minimum absolute atomic E-state index is 0.146. The smallest absolute Gasteiger partial charge is 0.255 e. The number of hydrogen-bond acceptors (Lipinski definition) is 2. The van der Waals surface area contributed by atoms with Crippen LogP contribution in [0.25, 0.3) is 0 Å². The van der Waals surface area contributed by atoms with Crippen LogP contribution in [0.1, 0.15) is 42.6 Å². The quantitative estimate of drug-likeness (QED) is 0.663. The van der Waals surface area contributed by atoms with Crippen LogP contribution in [0.15, 0.2) is 48.5 Å². The van der Waals surface area contributed by atoms with Gasteiger partial charge in [-0.25, -0.2) is 0 Å². The van der Waals surface area contributed by atoms with Crippen LogP contribution in [0, 0.1) is 0 Å². The Morgan fingerprint density at radius 1 is 1.00 bits per heavy atom. The summed E-state index contributed by atoms with van der Waals surface area (Å²) in [5.41, 5.74) is 2.47. The Labute approximate surface area is 156 Å². The SMILES string of the molecule is CCCN(CCC)CCc1ccc(NC(=O)c2ccccc2)c(Cl)c1. The largest absolute Gasteiger partial charge is 0.321 e. The van der Waals surface area contributed by atoms with E-state index in [1.165, 1.54) is 18.4 Å². The third-order valence-electron chi connectivity index (χ3n) is 4.11. The highest BCUT2D eigenvalue weighted by molar-refractivity contribution is 6.34. The zero-order chi connectivity index (χ0) is 18.1. The first-order chi connectivity index (χ1) is 12.1. The van der Waals surface area contributed by atoms with Crippen LogP contribution in [-0.2, 0) is 6.42 Å². The lowest BCUT2D eigenvalue weighted by atomic mass is 10.1. The minimum Gasteiger partial charge on any atom is -0.321 e. The lowest BCUT2D eigenvalue weighted by Gasteiger charge is -2.21. The Bertz CT molecular complexity index is 667. The first kappa shape index (κ1) is 19.5. The average molecular weight is 359 g/mol. The van der Waals surface area contributed by atoms with Gasteiger partial charge in [0.1, 0.15) is 0 Å². The van der Waals surface area contributed by atoms with E-state index in [1.54, 1.807) is 12.1 Å². The molecule has 0 aliphatic rings. The molecule has 0 aliphatic carbocycles. The predicted octanol–water partition coefficient (Wildman–Crippen LogP) is 5.26. The van der Waals surface area contributed by atoms with Crippen molar-refractivity contribution in [2.45, 2.75) is 33.1 Å². The number of carbonyl (C=O) groups excluding carboxylic acids is 1. The first-order valence-corrected chi connectivity index (χ1v) is 9.39. The Kier molecular flexibility index (Phi) is 7.96. The van der Waals surface area contributed by atoms with E-state index in [1.807, 2.05) is 36.4 Å². The maximum absolute atomic E-state index is 12.2. The van der Waals surface area contributed by atoms with Crippen LogP contribution < -0.4 is 5.32 Å². The number of anilines is 1. The van der Waals surface area contributed by atoms with Crippen molar-refractivity contribution in [1.82, 2.24) is 4.90 Å². The van der Waals surface area contributed by atoms with Gasteiger partial charge < -0.3 is 10.2 Å². The fourth-order valence-corrected chi connectivity index (χ4v) is 3.10. The highest BCUT2D eigenvalue weighted by Gasteiger charge is 2.09. The van der Waals surface area contributed by atoms with E-state index in [9.17, 15) is 4.79 Å². The summed E-state index contributed by atoms with van der Waals surface area (Å²) < 4.78 is 0. The number of halogens is 1. The van der Waals surface area contributed by atoms with E-state index < -0.39 is 0 Å². The first-order valence-electron chi connectivity index (χ1n) is 9.01. The van der Waals surface area contributed by atoms with Crippen molar-refractivity contribution in [1.29, 1.82) is 0 Å². The van der Waals surface area contributed by atoms with Gasteiger partial charge in [0.15, 0.2) is 0 Å². The Morgan fingerprint density at radius 3 is 2.28 bits per heavy atom. The lowest BCUT2D eigenvalue weighted by molar-refractivity contribution is 0.102. The number of nitrogens with one attached hydrogen (secondary N) is 1. The average Bonchev–Trinajstić information content (AvgIpc) is 2.63. The molecule has 2 rings (SSSR count). The second kappa shape index (κ2) is 10.2. The van der Waals surface area contributed by atoms with Gasteiger partial charge in [-0.15, -0.1) is 0 Å². The second-order valence-electron chi connectivity index (χ2n) is 6.23. The molecule has 134 valence electrons. The number of amides is 1. The van der Waals surface area contributed by atoms with Crippen LogP contribution >= 0.6 is 11.6 Å². The molecule has 0 saturated heterocycles. The van der Waals surface area contributed by atoms with Gasteiger partial charge >= 0.3 is 0 Å². The number of carbonyl (C=O) groups is 1. The third-order valence-corrected chi connectivity index (χ3v) is 4.43. The molecule has 0 saturated carbocycles. The van der Waals surface area contributed by atoms with Gasteiger partial charge in [0.25, 0.3) is 5.91 Å². The molecular formula is C21H27ClN2O. The van der Waals surface area contributed by atoms with Crippen LogP contribution in [0.5, 0.6) is 0 Å². The number of nitrogens with zero attached hydrogens (tertiary/aromatic N) is 1. The topological polar surface area (TPSA) is 32.3 Å². The van der Waals surface area contributed by atoms with Gasteiger partial charge in [0.05, 0.1) is 10.7 Å². The summed E-state index contributed by atoms with van der Waals surface area (Å²) in [7, 11) is 0. The van der Waals surface area contributed by atoms with Crippen molar-refractivity contribution in [2.24, 2.45) is 0 Å². The summed E-state index contributed by atoms with van der Waals surface area (Å²) in [5.74, 6) is -0.146. The van der Waals surface area contributed by atoms with E-state index in [2.05, 4.69) is 24.1 Å². The van der Waals surface area contributed by atoms with Crippen molar-refractivity contribution < 1.29 is 4.79 Å². The van der Waals surface area contributed by atoms with Gasteiger partial charge in [-0.05, 0) is 62.2 Å². The van der Waals surface area contributed by atoms with E-state index in [-0.39, 0.29) is 5.91 Å². The molecule has 1 amide bonds. The van der Waals surface area contributed by atoms with Crippen molar-refractivity contribution >= 4 is 23.2 Å². The number of benzene rings is 2. The van der Waals surface area contributed by atoms with Crippen molar-refractivity contribution in [3.05, 3.63) is 64.7 Å². The van der Waals surface area contributed by atoms with E-state index in [0.29, 0.717) is 16.3 Å². The minimum atomic E-state index is -0.146. The summed E-state index contributed by atoms with van der Waals surface area (Å²) in [6.45, 7) is 7.72. The highest BCUT2D eigenvalue weighted by atomic mass is 35.5. The molecule has 25 heavy (non-hydrogen) atoms. The fraction of sp³-hybridized carbons (Fsp3) is 0.381. The molecule has 0 heterocycles. The molecule has 2 aromatic rings. The molecule has 3 nitrogen and oxygen atoms in total. The molecule has 0 bridgehead atoms. The Hall–Kier alpha value is -1.84. The van der Waals surface area contributed by atoms with Crippen molar-refractivity contribution in [2.75, 3.05) is 25.0 Å². The predicted molar refractivity (Wildman–Crippen MR) is 107 cm³/mol. The fourth-order valence-electron chi connectivity index (χ4n) is 2.85. The normalized spacial score (nSPS) is 10.9. The highest BCUT2D eigenvalue weighted by Crippen LogP contribution is 2.24. The molecule has 4 heteroatoms. The van der Waals surface area contributed by atoms with Gasteiger partial charge in [-0.3, -0.25) is 4.79 Å². The summed E-state index contributed by atoms with van der Waals surface area (Å²) in [4.78, 5) is 14.7. The summed E-state index contributed by atoms with van der Waals surface area (Å²) >= 11 is 6.37. The number of hydrogen-bond donors (Lipinski definition) is 1. The van der Waals surface area contributed by atoms with Crippen LogP contribution in [0.2, 0.25) is 5.02 Å². The standard InChI is InChI=1S/C21H27ClN2O/c1-3-13-24(14-4-2)15-12-17-10-11-20(19(22)16-17)23-21(25)18-8-6-5-7-9-18/h5-11,16H,3-4,12-15H2,1-2H3,(H,23,25). The van der Waals surface area contributed by atoms with Gasteiger partial charge in [0, 0.05) is 12.1 Å². The lowest BCUT2D eigenvalue weighted by Crippen LogP contribution is -2.27. The molecule has 0 aromatic heterocycles.